The number of rotatable bonds is 2. The van der Waals surface area contributed by atoms with Crippen LogP contribution in [0.2, 0.25) is 0 Å². The van der Waals surface area contributed by atoms with Crippen LogP contribution in [0.1, 0.15) is 51.4 Å². The number of hydrogen-bond donors (Lipinski definition) is 2. The van der Waals surface area contributed by atoms with Crippen molar-refractivity contribution >= 4 is 0 Å². The van der Waals surface area contributed by atoms with Gasteiger partial charge in [0.15, 0.2) is 0 Å². The van der Waals surface area contributed by atoms with Gasteiger partial charge in [0.25, 0.3) is 0 Å². The Kier molecular flexibility index (Phi) is 4.62. The molecule has 0 amide bonds. The Labute approximate surface area is 98.5 Å². The zero-order valence-electron chi connectivity index (χ0n) is 10.1. The van der Waals surface area contributed by atoms with Crippen LogP contribution in [0.25, 0.3) is 0 Å². The Morgan fingerprint density at radius 1 is 0.938 bits per heavy atom. The summed E-state index contributed by atoms with van der Waals surface area (Å²) < 4.78 is 0. The number of likely N-dealkylation sites (tertiary alicyclic amines) is 1. The number of aliphatic hydroxyl groups is 2. The van der Waals surface area contributed by atoms with Crippen LogP contribution < -0.4 is 0 Å². The molecule has 0 spiro atoms. The highest BCUT2D eigenvalue weighted by Gasteiger charge is 2.33. The second-order valence-corrected chi connectivity index (χ2v) is 5.34. The molecule has 16 heavy (non-hydrogen) atoms. The Morgan fingerprint density at radius 2 is 1.69 bits per heavy atom. The SMILES string of the molecule is OCC1CCCCCN1C1CCCCC1O. The molecule has 0 aromatic carbocycles. The van der Waals surface area contributed by atoms with Gasteiger partial charge in [-0.1, -0.05) is 25.7 Å². The first-order valence-corrected chi connectivity index (χ1v) is 6.87. The lowest BCUT2D eigenvalue weighted by Crippen LogP contribution is -2.51. The molecule has 1 aliphatic heterocycles. The summed E-state index contributed by atoms with van der Waals surface area (Å²) >= 11 is 0. The van der Waals surface area contributed by atoms with Gasteiger partial charge in [-0.2, -0.15) is 0 Å². The van der Waals surface area contributed by atoms with Crippen molar-refractivity contribution in [2.45, 2.75) is 69.6 Å². The molecule has 0 aromatic heterocycles. The third-order valence-electron chi connectivity index (χ3n) is 4.25. The standard InChI is InChI=1S/C13H25NO2/c15-10-11-6-2-1-5-9-14(11)12-7-3-4-8-13(12)16/h11-13,15-16H,1-10H2. The quantitative estimate of drug-likeness (QED) is 0.752. The van der Waals surface area contributed by atoms with Crippen LogP contribution in [-0.2, 0) is 0 Å². The minimum atomic E-state index is -0.166. The van der Waals surface area contributed by atoms with Gasteiger partial charge < -0.3 is 10.2 Å². The molecule has 0 radical (unpaired) electrons. The highest BCUT2D eigenvalue weighted by molar-refractivity contribution is 4.88. The van der Waals surface area contributed by atoms with Crippen molar-refractivity contribution in [2.75, 3.05) is 13.2 Å². The molecule has 3 heteroatoms. The summed E-state index contributed by atoms with van der Waals surface area (Å²) in [5, 5.41) is 19.6. The zero-order chi connectivity index (χ0) is 11.4. The lowest BCUT2D eigenvalue weighted by molar-refractivity contribution is -0.0131. The van der Waals surface area contributed by atoms with E-state index in [1.165, 1.54) is 25.7 Å². The van der Waals surface area contributed by atoms with E-state index in [9.17, 15) is 10.2 Å². The highest BCUT2D eigenvalue weighted by Crippen LogP contribution is 2.28. The van der Waals surface area contributed by atoms with Crippen molar-refractivity contribution in [3.05, 3.63) is 0 Å². The average molecular weight is 227 g/mol. The maximum absolute atomic E-state index is 10.1. The van der Waals surface area contributed by atoms with Crippen LogP contribution in [0.5, 0.6) is 0 Å². The minimum absolute atomic E-state index is 0.166. The van der Waals surface area contributed by atoms with Crippen LogP contribution in [0.15, 0.2) is 0 Å². The van der Waals surface area contributed by atoms with Crippen molar-refractivity contribution in [3.63, 3.8) is 0 Å². The third-order valence-corrected chi connectivity index (χ3v) is 4.25. The maximum atomic E-state index is 10.1. The predicted octanol–water partition coefficient (Wildman–Crippen LogP) is 1.53. The minimum Gasteiger partial charge on any atom is -0.395 e. The lowest BCUT2D eigenvalue weighted by Gasteiger charge is -2.41. The monoisotopic (exact) mass is 227 g/mol. The van der Waals surface area contributed by atoms with Gasteiger partial charge in [-0.25, -0.2) is 0 Å². The molecule has 1 aliphatic carbocycles. The van der Waals surface area contributed by atoms with Crippen molar-refractivity contribution in [3.8, 4) is 0 Å². The van der Waals surface area contributed by atoms with E-state index in [4.69, 9.17) is 0 Å². The first-order chi connectivity index (χ1) is 7.83. The van der Waals surface area contributed by atoms with Crippen molar-refractivity contribution < 1.29 is 10.2 Å². The van der Waals surface area contributed by atoms with E-state index >= 15 is 0 Å². The summed E-state index contributed by atoms with van der Waals surface area (Å²) in [6.07, 6.45) is 9.10. The summed E-state index contributed by atoms with van der Waals surface area (Å²) in [6, 6.07) is 0.601. The van der Waals surface area contributed by atoms with E-state index in [0.29, 0.717) is 12.1 Å². The molecule has 0 bridgehead atoms. The Balaban J connectivity index is 2.02. The van der Waals surface area contributed by atoms with E-state index < -0.39 is 0 Å². The molecule has 94 valence electrons. The normalized spacial score (nSPS) is 38.2. The Bertz CT molecular complexity index is 210. The van der Waals surface area contributed by atoms with Crippen LogP contribution in [-0.4, -0.2) is 46.5 Å². The molecular weight excluding hydrogens is 202 g/mol. The zero-order valence-corrected chi connectivity index (χ0v) is 10.1. The molecule has 1 saturated carbocycles. The number of nitrogens with zero attached hydrogens (tertiary/aromatic N) is 1. The summed E-state index contributed by atoms with van der Waals surface area (Å²) in [5.74, 6) is 0. The van der Waals surface area contributed by atoms with Crippen LogP contribution in [0.4, 0.5) is 0 Å². The molecule has 3 nitrogen and oxygen atoms in total. The molecule has 2 rings (SSSR count). The second kappa shape index (κ2) is 5.99. The first-order valence-electron chi connectivity index (χ1n) is 6.87. The van der Waals surface area contributed by atoms with E-state index in [1.807, 2.05) is 0 Å². The summed E-state index contributed by atoms with van der Waals surface area (Å²) in [7, 11) is 0. The number of hydrogen-bond acceptors (Lipinski definition) is 3. The van der Waals surface area contributed by atoms with Gasteiger partial charge in [-0.3, -0.25) is 4.90 Å². The van der Waals surface area contributed by atoms with Crippen molar-refractivity contribution in [1.29, 1.82) is 0 Å². The fourth-order valence-corrected chi connectivity index (χ4v) is 3.31. The molecule has 3 unspecified atom stereocenters. The molecule has 2 aliphatic rings. The summed E-state index contributed by atoms with van der Waals surface area (Å²) in [6.45, 7) is 1.32. The van der Waals surface area contributed by atoms with Crippen molar-refractivity contribution in [2.24, 2.45) is 0 Å². The largest absolute Gasteiger partial charge is 0.395 e. The van der Waals surface area contributed by atoms with E-state index in [2.05, 4.69) is 4.90 Å². The van der Waals surface area contributed by atoms with E-state index in [-0.39, 0.29) is 12.7 Å². The molecular formula is C13H25NO2. The predicted molar refractivity (Wildman–Crippen MR) is 64.3 cm³/mol. The van der Waals surface area contributed by atoms with E-state index in [1.54, 1.807) is 0 Å². The Morgan fingerprint density at radius 3 is 2.44 bits per heavy atom. The smallest absolute Gasteiger partial charge is 0.0695 e. The van der Waals surface area contributed by atoms with Crippen LogP contribution >= 0.6 is 0 Å². The molecule has 3 atom stereocenters. The van der Waals surface area contributed by atoms with Gasteiger partial charge >= 0.3 is 0 Å². The first kappa shape index (κ1) is 12.3. The van der Waals surface area contributed by atoms with Crippen LogP contribution in [0.3, 0.4) is 0 Å². The van der Waals surface area contributed by atoms with Gasteiger partial charge in [0.2, 0.25) is 0 Å². The third kappa shape index (κ3) is 2.76. The number of aliphatic hydroxyl groups excluding tert-OH is 2. The summed E-state index contributed by atoms with van der Waals surface area (Å²) in [5.41, 5.74) is 0. The topological polar surface area (TPSA) is 43.7 Å². The fraction of sp³-hybridized carbons (Fsp3) is 1.00. The fourth-order valence-electron chi connectivity index (χ4n) is 3.31. The second-order valence-electron chi connectivity index (χ2n) is 5.34. The van der Waals surface area contributed by atoms with Gasteiger partial charge in [0.1, 0.15) is 0 Å². The van der Waals surface area contributed by atoms with Gasteiger partial charge in [-0.15, -0.1) is 0 Å². The molecule has 1 heterocycles. The molecule has 2 N–H and O–H groups in total. The molecule has 1 saturated heterocycles. The van der Waals surface area contributed by atoms with Gasteiger partial charge in [0.05, 0.1) is 12.7 Å². The molecule has 0 aromatic rings. The Hall–Kier alpha value is -0.120. The summed E-state index contributed by atoms with van der Waals surface area (Å²) in [4.78, 5) is 2.40. The van der Waals surface area contributed by atoms with E-state index in [0.717, 1.165) is 32.2 Å². The van der Waals surface area contributed by atoms with Crippen molar-refractivity contribution in [1.82, 2.24) is 4.90 Å². The van der Waals surface area contributed by atoms with Gasteiger partial charge in [-0.05, 0) is 32.2 Å². The van der Waals surface area contributed by atoms with Gasteiger partial charge in [0, 0.05) is 12.1 Å². The lowest BCUT2D eigenvalue weighted by atomic mass is 9.90. The maximum Gasteiger partial charge on any atom is 0.0695 e. The van der Waals surface area contributed by atoms with Crippen LogP contribution in [0, 0.1) is 0 Å². The average Bonchev–Trinajstić information content (AvgIpc) is 2.54. The highest BCUT2D eigenvalue weighted by atomic mass is 16.3. The molecule has 2 fully saturated rings.